The zero-order valence-electron chi connectivity index (χ0n) is 18.3. The number of nitrogens with zero attached hydrogens (tertiary/aromatic N) is 2. The number of nitrogens with one attached hydrogen (secondary N) is 1. The van der Waals surface area contributed by atoms with Crippen LogP contribution in [0.3, 0.4) is 0 Å². The van der Waals surface area contributed by atoms with Crippen molar-refractivity contribution in [2.24, 2.45) is 0 Å². The quantitative estimate of drug-likeness (QED) is 0.700. The second kappa shape index (κ2) is 9.40. The van der Waals surface area contributed by atoms with Crippen LogP contribution in [0.1, 0.15) is 30.1 Å². The average Bonchev–Trinajstić information content (AvgIpc) is 2.82. The van der Waals surface area contributed by atoms with Crippen LogP contribution < -0.4 is 19.9 Å². The molecule has 2 aliphatic heterocycles. The van der Waals surface area contributed by atoms with Crippen LogP contribution in [-0.4, -0.2) is 57.1 Å². The van der Waals surface area contributed by atoms with E-state index in [0.717, 1.165) is 32.0 Å². The lowest BCUT2D eigenvalue weighted by atomic mass is 10.0. The summed E-state index contributed by atoms with van der Waals surface area (Å²) in [4.78, 5) is 40.8. The molecule has 2 heterocycles. The Kier molecular flexibility index (Phi) is 6.41. The number of ether oxygens (including phenoxy) is 2. The van der Waals surface area contributed by atoms with E-state index in [9.17, 15) is 14.4 Å². The largest absolute Gasteiger partial charge is 0.479 e. The second-order valence-electron chi connectivity index (χ2n) is 7.96. The molecule has 1 atom stereocenters. The predicted octanol–water partition coefficient (Wildman–Crippen LogP) is 2.87. The molecule has 8 nitrogen and oxygen atoms in total. The normalized spacial score (nSPS) is 18.1. The number of anilines is 3. The maximum absolute atomic E-state index is 12.6. The summed E-state index contributed by atoms with van der Waals surface area (Å²) in [6.07, 6.45) is -0.407. The first kappa shape index (κ1) is 21.8. The van der Waals surface area contributed by atoms with Crippen molar-refractivity contribution in [1.29, 1.82) is 0 Å². The van der Waals surface area contributed by atoms with E-state index in [1.807, 2.05) is 24.3 Å². The lowest BCUT2D eigenvalue weighted by Gasteiger charge is -2.30. The number of hydrogen-bond donors (Lipinski definition) is 1. The van der Waals surface area contributed by atoms with Crippen LogP contribution in [-0.2, 0) is 14.3 Å². The van der Waals surface area contributed by atoms with Crippen LogP contribution >= 0.6 is 0 Å². The molecule has 0 spiro atoms. The van der Waals surface area contributed by atoms with Crippen molar-refractivity contribution in [3.63, 3.8) is 0 Å². The number of carbonyl (C=O) groups is 3. The summed E-state index contributed by atoms with van der Waals surface area (Å²) >= 11 is 0. The lowest BCUT2D eigenvalue weighted by molar-refractivity contribution is -0.125. The van der Waals surface area contributed by atoms with Crippen LogP contribution in [0.25, 0.3) is 0 Å². The van der Waals surface area contributed by atoms with Gasteiger partial charge < -0.3 is 24.6 Å². The van der Waals surface area contributed by atoms with E-state index in [-0.39, 0.29) is 30.4 Å². The fourth-order valence-corrected chi connectivity index (χ4v) is 3.86. The van der Waals surface area contributed by atoms with Gasteiger partial charge in [0.25, 0.3) is 5.91 Å². The van der Waals surface area contributed by atoms with Gasteiger partial charge in [0.05, 0.1) is 18.9 Å². The summed E-state index contributed by atoms with van der Waals surface area (Å²) in [5, 5.41) is 2.84. The van der Waals surface area contributed by atoms with Gasteiger partial charge in [-0.2, -0.15) is 0 Å². The molecule has 1 saturated heterocycles. The van der Waals surface area contributed by atoms with Crippen molar-refractivity contribution >= 4 is 34.7 Å². The van der Waals surface area contributed by atoms with Gasteiger partial charge in [0.1, 0.15) is 5.75 Å². The Labute approximate surface area is 187 Å². The molecule has 2 aromatic carbocycles. The van der Waals surface area contributed by atoms with Gasteiger partial charge in [-0.15, -0.1) is 0 Å². The van der Waals surface area contributed by atoms with Crippen molar-refractivity contribution in [3.8, 4) is 5.75 Å². The van der Waals surface area contributed by atoms with E-state index in [4.69, 9.17) is 9.47 Å². The van der Waals surface area contributed by atoms with Gasteiger partial charge >= 0.3 is 0 Å². The number of ketones is 1. The molecule has 2 amide bonds. The smallest absolute Gasteiger partial charge is 0.267 e. The summed E-state index contributed by atoms with van der Waals surface area (Å²) in [6.45, 7) is 4.83. The van der Waals surface area contributed by atoms with Crippen molar-refractivity contribution in [2.75, 3.05) is 48.5 Å². The van der Waals surface area contributed by atoms with Crippen molar-refractivity contribution < 1.29 is 23.9 Å². The SMILES string of the molecule is CC1Oc2ccc(C(=O)CCC(=O)Nc3ccc(N4CCOCC4)cc3)cc2N(C)C1=O. The van der Waals surface area contributed by atoms with E-state index in [1.54, 1.807) is 32.2 Å². The number of morpholine rings is 1. The molecule has 32 heavy (non-hydrogen) atoms. The van der Waals surface area contributed by atoms with Gasteiger partial charge in [0, 0.05) is 49.9 Å². The van der Waals surface area contributed by atoms with Crippen molar-refractivity contribution in [2.45, 2.75) is 25.9 Å². The van der Waals surface area contributed by atoms with Gasteiger partial charge in [0.2, 0.25) is 5.91 Å². The maximum atomic E-state index is 12.6. The zero-order valence-corrected chi connectivity index (χ0v) is 18.3. The number of fused-ring (bicyclic) bond motifs is 1. The van der Waals surface area contributed by atoms with Crippen molar-refractivity contribution in [1.82, 2.24) is 0 Å². The van der Waals surface area contributed by atoms with Crippen molar-refractivity contribution in [3.05, 3.63) is 48.0 Å². The molecule has 168 valence electrons. The molecule has 0 bridgehead atoms. The Hall–Kier alpha value is -3.39. The Morgan fingerprint density at radius 2 is 1.78 bits per heavy atom. The second-order valence-corrected chi connectivity index (χ2v) is 7.96. The molecular formula is C24H27N3O5. The van der Waals surface area contributed by atoms with E-state index in [2.05, 4.69) is 10.2 Å². The monoisotopic (exact) mass is 437 g/mol. The highest BCUT2D eigenvalue weighted by Gasteiger charge is 2.29. The summed E-state index contributed by atoms with van der Waals surface area (Å²) in [5.41, 5.74) is 2.79. The standard InChI is InChI=1S/C24H27N3O5/c1-16-24(30)26(2)20-15-17(3-9-22(20)32-16)21(28)8-10-23(29)25-18-4-6-19(7-5-18)27-11-13-31-14-12-27/h3-7,9,15-16H,8,10-14H2,1-2H3,(H,25,29). The maximum Gasteiger partial charge on any atom is 0.267 e. The fraction of sp³-hybridized carbons (Fsp3) is 0.375. The minimum absolute atomic E-state index is 0.0729. The number of likely N-dealkylation sites (N-methyl/N-ethyl adjacent to an activating group) is 1. The Bertz CT molecular complexity index is 1010. The highest BCUT2D eigenvalue weighted by Crippen LogP contribution is 2.34. The van der Waals surface area contributed by atoms with Gasteiger partial charge in [0.15, 0.2) is 11.9 Å². The van der Waals surface area contributed by atoms with Crippen LogP contribution in [0, 0.1) is 0 Å². The fourth-order valence-electron chi connectivity index (χ4n) is 3.86. The first-order chi connectivity index (χ1) is 15.4. The minimum atomic E-state index is -0.555. The van der Waals surface area contributed by atoms with Gasteiger partial charge in [-0.25, -0.2) is 0 Å². The molecule has 8 heteroatoms. The molecule has 0 aromatic heterocycles. The van der Waals surface area contributed by atoms with Crippen LogP contribution in [0.5, 0.6) is 5.75 Å². The average molecular weight is 437 g/mol. The van der Waals surface area contributed by atoms with E-state index in [1.165, 1.54) is 4.90 Å². The number of rotatable bonds is 6. The number of Topliss-reactive ketones (excluding diaryl/α,β-unsaturated/α-hetero) is 1. The van der Waals surface area contributed by atoms with Gasteiger partial charge in [-0.05, 0) is 49.4 Å². The molecule has 0 saturated carbocycles. The van der Waals surface area contributed by atoms with Crippen LogP contribution in [0.4, 0.5) is 17.1 Å². The Balaban J connectivity index is 1.31. The Morgan fingerprint density at radius 3 is 2.50 bits per heavy atom. The molecule has 0 radical (unpaired) electrons. The van der Waals surface area contributed by atoms with Crippen LogP contribution in [0.2, 0.25) is 0 Å². The molecule has 0 aliphatic carbocycles. The third kappa shape index (κ3) is 4.75. The minimum Gasteiger partial charge on any atom is -0.479 e. The molecule has 2 aliphatic rings. The van der Waals surface area contributed by atoms with Crippen LogP contribution in [0.15, 0.2) is 42.5 Å². The molecule has 1 unspecified atom stereocenters. The van der Waals surface area contributed by atoms with E-state index < -0.39 is 6.10 Å². The topological polar surface area (TPSA) is 88.2 Å². The highest BCUT2D eigenvalue weighted by atomic mass is 16.5. The number of benzene rings is 2. The number of amides is 2. The first-order valence-corrected chi connectivity index (χ1v) is 10.8. The first-order valence-electron chi connectivity index (χ1n) is 10.8. The molecular weight excluding hydrogens is 410 g/mol. The molecule has 1 fully saturated rings. The molecule has 4 rings (SSSR count). The zero-order chi connectivity index (χ0) is 22.7. The summed E-state index contributed by atoms with van der Waals surface area (Å²) in [6, 6.07) is 12.7. The summed E-state index contributed by atoms with van der Waals surface area (Å²) in [5.74, 6) is 0.0144. The van der Waals surface area contributed by atoms with Gasteiger partial charge in [-0.3, -0.25) is 14.4 Å². The van der Waals surface area contributed by atoms with E-state index >= 15 is 0 Å². The number of carbonyl (C=O) groups excluding carboxylic acids is 3. The predicted molar refractivity (Wildman–Crippen MR) is 122 cm³/mol. The highest BCUT2D eigenvalue weighted by molar-refractivity contribution is 6.04. The molecule has 1 N–H and O–H groups in total. The third-order valence-corrected chi connectivity index (χ3v) is 5.73. The van der Waals surface area contributed by atoms with E-state index in [0.29, 0.717) is 22.7 Å². The third-order valence-electron chi connectivity index (χ3n) is 5.73. The Morgan fingerprint density at radius 1 is 1.06 bits per heavy atom. The number of hydrogen-bond acceptors (Lipinski definition) is 6. The van der Waals surface area contributed by atoms with Gasteiger partial charge in [-0.1, -0.05) is 0 Å². The lowest BCUT2D eigenvalue weighted by Crippen LogP contribution is -2.42. The molecule has 2 aromatic rings. The summed E-state index contributed by atoms with van der Waals surface area (Å²) in [7, 11) is 1.66. The summed E-state index contributed by atoms with van der Waals surface area (Å²) < 4.78 is 11.0.